The molecular weight excluding hydrogens is 390 g/mol. The van der Waals surface area contributed by atoms with Gasteiger partial charge in [-0.15, -0.1) is 0 Å². The molecule has 2 aliphatic rings. The van der Waals surface area contributed by atoms with E-state index in [0.29, 0.717) is 0 Å². The SMILES string of the molecule is COC(=O)[C@@H](NS(=O)(=O)c1ccc(C)cc1)[C@H]1O[C@@H](CO)[C@@H]2OC(C)(C)O[C@@H]21. The van der Waals surface area contributed by atoms with Crippen molar-refractivity contribution in [1.82, 2.24) is 4.72 Å². The normalized spacial score (nSPS) is 30.0. The van der Waals surface area contributed by atoms with Crippen molar-refractivity contribution >= 4 is 16.0 Å². The van der Waals surface area contributed by atoms with Crippen molar-refractivity contribution in [2.24, 2.45) is 0 Å². The standard InChI is InChI=1S/C18H25NO8S/c1-10-5-7-11(8-6-10)28(22,23)19-13(17(21)24-4)15-16-14(12(9-20)25-15)26-18(2,3)27-16/h5-8,12-16,19-20H,9H2,1-4H3/t12-,13-,14-,15+,16-/m0/s1. The molecule has 2 saturated heterocycles. The fourth-order valence-electron chi connectivity index (χ4n) is 3.46. The minimum absolute atomic E-state index is 0.00387. The Labute approximate surface area is 164 Å². The zero-order valence-electron chi connectivity index (χ0n) is 16.1. The van der Waals surface area contributed by atoms with Crippen LogP contribution in [0.3, 0.4) is 0 Å². The molecule has 5 atom stereocenters. The number of aliphatic hydroxyl groups excluding tert-OH is 1. The topological polar surface area (TPSA) is 120 Å². The van der Waals surface area contributed by atoms with Gasteiger partial charge in [-0.2, -0.15) is 4.72 Å². The lowest BCUT2D eigenvalue weighted by molar-refractivity contribution is -0.195. The average Bonchev–Trinajstić information content (AvgIpc) is 3.12. The maximum Gasteiger partial charge on any atom is 0.326 e. The summed E-state index contributed by atoms with van der Waals surface area (Å²) in [6.45, 7) is 4.86. The highest BCUT2D eigenvalue weighted by Gasteiger charge is 2.58. The monoisotopic (exact) mass is 415 g/mol. The predicted octanol–water partition coefficient (Wildman–Crippen LogP) is 0.0947. The van der Waals surface area contributed by atoms with E-state index in [1.54, 1.807) is 26.0 Å². The summed E-state index contributed by atoms with van der Waals surface area (Å²) in [5.41, 5.74) is 0.898. The lowest BCUT2D eigenvalue weighted by Gasteiger charge is -2.27. The summed E-state index contributed by atoms with van der Waals surface area (Å²) in [5.74, 6) is -1.78. The Bertz CT molecular complexity index is 822. The molecule has 2 heterocycles. The summed E-state index contributed by atoms with van der Waals surface area (Å²) in [4.78, 5) is 12.4. The van der Waals surface area contributed by atoms with Crippen molar-refractivity contribution in [2.45, 2.75) is 61.9 Å². The number of esters is 1. The van der Waals surface area contributed by atoms with Crippen molar-refractivity contribution in [3.8, 4) is 0 Å². The van der Waals surface area contributed by atoms with Gasteiger partial charge in [0, 0.05) is 0 Å². The van der Waals surface area contributed by atoms with Gasteiger partial charge in [0.05, 0.1) is 18.6 Å². The smallest absolute Gasteiger partial charge is 0.326 e. The predicted molar refractivity (Wildman–Crippen MR) is 96.9 cm³/mol. The molecule has 0 bridgehead atoms. The van der Waals surface area contributed by atoms with Crippen molar-refractivity contribution in [2.75, 3.05) is 13.7 Å². The maximum absolute atomic E-state index is 12.8. The number of aryl methyl sites for hydroxylation is 1. The Hall–Kier alpha value is -1.56. The maximum atomic E-state index is 12.8. The fourth-order valence-corrected chi connectivity index (χ4v) is 4.65. The molecule has 0 radical (unpaired) electrons. The van der Waals surface area contributed by atoms with Crippen LogP contribution in [0.25, 0.3) is 0 Å². The third-order valence-electron chi connectivity index (χ3n) is 4.76. The van der Waals surface area contributed by atoms with Gasteiger partial charge in [-0.3, -0.25) is 4.79 Å². The summed E-state index contributed by atoms with van der Waals surface area (Å²) < 4.78 is 50.1. The molecule has 0 aromatic heterocycles. The Morgan fingerprint density at radius 2 is 1.86 bits per heavy atom. The molecule has 0 saturated carbocycles. The first kappa shape index (κ1) is 21.2. The lowest BCUT2D eigenvalue weighted by atomic mass is 10.0. The van der Waals surface area contributed by atoms with Crippen LogP contribution in [0.15, 0.2) is 29.2 Å². The fraction of sp³-hybridized carbons (Fsp3) is 0.611. The molecule has 9 nitrogen and oxygen atoms in total. The third kappa shape index (κ3) is 4.07. The number of methoxy groups -OCH3 is 1. The largest absolute Gasteiger partial charge is 0.468 e. The molecule has 0 unspecified atom stereocenters. The summed E-state index contributed by atoms with van der Waals surface area (Å²) in [5, 5.41) is 9.60. The second-order valence-electron chi connectivity index (χ2n) is 7.32. The number of hydrogen-bond donors (Lipinski definition) is 2. The van der Waals surface area contributed by atoms with Gasteiger partial charge in [-0.05, 0) is 32.9 Å². The molecular formula is C18H25NO8S. The van der Waals surface area contributed by atoms with Crippen LogP contribution in [-0.4, -0.2) is 69.5 Å². The Kier molecular flexibility index (Phi) is 5.81. The number of ether oxygens (including phenoxy) is 4. The highest BCUT2D eigenvalue weighted by atomic mass is 32.2. The van der Waals surface area contributed by atoms with E-state index >= 15 is 0 Å². The second kappa shape index (κ2) is 7.69. The molecule has 0 amide bonds. The van der Waals surface area contributed by atoms with Crippen LogP contribution in [0.1, 0.15) is 19.4 Å². The van der Waals surface area contributed by atoms with Crippen LogP contribution in [0, 0.1) is 6.92 Å². The second-order valence-corrected chi connectivity index (χ2v) is 9.04. The van der Waals surface area contributed by atoms with Gasteiger partial charge in [0.15, 0.2) is 5.79 Å². The zero-order chi connectivity index (χ0) is 20.7. The van der Waals surface area contributed by atoms with Gasteiger partial charge in [0.25, 0.3) is 0 Å². The van der Waals surface area contributed by atoms with E-state index in [4.69, 9.17) is 18.9 Å². The molecule has 1 aromatic rings. The van der Waals surface area contributed by atoms with Crippen LogP contribution in [0.5, 0.6) is 0 Å². The van der Waals surface area contributed by atoms with Gasteiger partial charge < -0.3 is 24.1 Å². The molecule has 0 aliphatic carbocycles. The van der Waals surface area contributed by atoms with Crippen molar-refractivity contribution in [1.29, 1.82) is 0 Å². The van der Waals surface area contributed by atoms with Crippen LogP contribution in [-0.2, 0) is 33.8 Å². The van der Waals surface area contributed by atoms with Gasteiger partial charge in [0.2, 0.25) is 10.0 Å². The number of rotatable bonds is 6. The number of hydrogen-bond acceptors (Lipinski definition) is 8. The molecule has 28 heavy (non-hydrogen) atoms. The number of aliphatic hydroxyl groups is 1. The first-order valence-corrected chi connectivity index (χ1v) is 10.3. The molecule has 156 valence electrons. The zero-order valence-corrected chi connectivity index (χ0v) is 16.9. The molecule has 3 rings (SSSR count). The van der Waals surface area contributed by atoms with Crippen molar-refractivity contribution < 1.29 is 37.3 Å². The Morgan fingerprint density at radius 1 is 1.25 bits per heavy atom. The van der Waals surface area contributed by atoms with Gasteiger partial charge in [-0.25, -0.2) is 8.42 Å². The van der Waals surface area contributed by atoms with E-state index in [9.17, 15) is 18.3 Å². The molecule has 2 aliphatic heterocycles. The van der Waals surface area contributed by atoms with Crippen molar-refractivity contribution in [3.05, 3.63) is 29.8 Å². The van der Waals surface area contributed by atoms with Crippen LogP contribution in [0.4, 0.5) is 0 Å². The number of sulfonamides is 1. The number of fused-ring (bicyclic) bond motifs is 1. The minimum atomic E-state index is -4.04. The van der Waals surface area contributed by atoms with Crippen LogP contribution < -0.4 is 4.72 Å². The van der Waals surface area contributed by atoms with E-state index in [2.05, 4.69) is 4.72 Å². The van der Waals surface area contributed by atoms with Crippen molar-refractivity contribution in [3.63, 3.8) is 0 Å². The van der Waals surface area contributed by atoms with Gasteiger partial charge in [0.1, 0.15) is 30.5 Å². The Morgan fingerprint density at radius 3 is 2.43 bits per heavy atom. The number of benzene rings is 1. The molecule has 2 fully saturated rings. The first-order chi connectivity index (χ1) is 13.1. The van der Waals surface area contributed by atoms with E-state index < -0.39 is 52.2 Å². The number of nitrogens with one attached hydrogen (secondary N) is 1. The van der Waals surface area contributed by atoms with Crippen LogP contribution >= 0.6 is 0 Å². The highest BCUT2D eigenvalue weighted by molar-refractivity contribution is 7.89. The molecule has 1 aromatic carbocycles. The molecule has 10 heteroatoms. The third-order valence-corrected chi connectivity index (χ3v) is 6.22. The van der Waals surface area contributed by atoms with E-state index in [1.807, 2.05) is 6.92 Å². The van der Waals surface area contributed by atoms with E-state index in [-0.39, 0.29) is 11.5 Å². The number of carbonyl (C=O) groups is 1. The van der Waals surface area contributed by atoms with E-state index in [0.717, 1.165) is 12.7 Å². The minimum Gasteiger partial charge on any atom is -0.468 e. The lowest BCUT2D eigenvalue weighted by Crippen LogP contribution is -2.53. The molecule has 2 N–H and O–H groups in total. The summed E-state index contributed by atoms with van der Waals surface area (Å²) >= 11 is 0. The van der Waals surface area contributed by atoms with Crippen LogP contribution in [0.2, 0.25) is 0 Å². The van der Waals surface area contributed by atoms with E-state index in [1.165, 1.54) is 12.1 Å². The van der Waals surface area contributed by atoms with Gasteiger partial charge in [-0.1, -0.05) is 17.7 Å². The quantitative estimate of drug-likeness (QED) is 0.628. The first-order valence-electron chi connectivity index (χ1n) is 8.87. The summed E-state index contributed by atoms with van der Waals surface area (Å²) in [6, 6.07) is 4.82. The Balaban J connectivity index is 1.90. The number of carbonyl (C=O) groups excluding carboxylic acids is 1. The van der Waals surface area contributed by atoms with Gasteiger partial charge >= 0.3 is 5.97 Å². The highest BCUT2D eigenvalue weighted by Crippen LogP contribution is 2.40. The molecule has 0 spiro atoms. The summed E-state index contributed by atoms with van der Waals surface area (Å²) in [7, 11) is -2.89. The average molecular weight is 415 g/mol. The summed E-state index contributed by atoms with van der Waals surface area (Å²) in [6.07, 6.45) is -3.18.